The lowest BCUT2D eigenvalue weighted by atomic mass is 10.5. The van der Waals surface area contributed by atoms with Gasteiger partial charge in [0, 0.05) is 0 Å². The minimum Gasteiger partial charge on any atom is -0.303 e. The Hall–Kier alpha value is 0.0700. The summed E-state index contributed by atoms with van der Waals surface area (Å²) in [5.41, 5.74) is 0. The molecule has 0 aromatic carbocycles. The lowest BCUT2D eigenvalue weighted by Gasteiger charge is -2.04. The van der Waals surface area contributed by atoms with E-state index >= 15 is 0 Å². The molecule has 0 amide bonds. The summed E-state index contributed by atoms with van der Waals surface area (Å²) in [6, 6.07) is 0. The predicted molar refractivity (Wildman–Crippen MR) is 28.1 cm³/mol. The summed E-state index contributed by atoms with van der Waals surface area (Å²) in [5.74, 6) is 0. The average molecular weight is 155 g/mol. The molecule has 0 aliphatic carbocycles. The van der Waals surface area contributed by atoms with Crippen LogP contribution in [0.1, 0.15) is 6.92 Å². The van der Waals surface area contributed by atoms with Crippen molar-refractivity contribution in [3.8, 4) is 0 Å². The molecule has 0 heterocycles. The van der Waals surface area contributed by atoms with E-state index in [0.29, 0.717) is 0 Å². The van der Waals surface area contributed by atoms with Crippen LogP contribution in [0, 0.1) is 0 Å². The largest absolute Gasteiger partial charge is 0.469 e. The Morgan fingerprint density at radius 1 is 1.67 bits per heavy atom. The minimum atomic E-state index is -4.42. The van der Waals surface area contributed by atoms with Crippen LogP contribution in [0.2, 0.25) is 0 Å². The Morgan fingerprint density at radius 2 is 2.11 bits per heavy atom. The lowest BCUT2D eigenvalue weighted by molar-refractivity contribution is 0.0452. The van der Waals surface area contributed by atoms with Crippen molar-refractivity contribution in [2.75, 3.05) is 6.61 Å². The Labute approximate surface area is 52.5 Å². The molecule has 0 aromatic rings. The highest BCUT2D eigenvalue weighted by Gasteiger charge is 2.14. The van der Waals surface area contributed by atoms with Gasteiger partial charge in [0.05, 0.1) is 6.61 Å². The monoisotopic (exact) mass is 155 g/mol. The fourth-order valence-corrected chi connectivity index (χ4v) is 0.606. The third-order valence-corrected chi connectivity index (χ3v) is 0.963. The molecule has 1 atom stereocenters. The number of phosphoric ester groups is 1. The molecule has 9 heavy (non-hydrogen) atoms. The van der Waals surface area contributed by atoms with Crippen LogP contribution in [0.3, 0.4) is 0 Å². The molecule has 0 fully saturated rings. The number of phosphoric acid groups is 1. The Balaban J connectivity index is 3.40. The molecule has 0 bridgehead atoms. The number of hydrogen-bond acceptors (Lipinski definition) is 2. The van der Waals surface area contributed by atoms with E-state index in [9.17, 15) is 9.67 Å². The smallest absolute Gasteiger partial charge is 0.303 e. The van der Waals surface area contributed by atoms with E-state index in [1.165, 1.54) is 6.92 Å². The SMILES string of the molecule is C[C@@H]([O])COP(=O)(O)O. The van der Waals surface area contributed by atoms with Gasteiger partial charge in [-0.2, -0.15) is 0 Å². The molecule has 0 aliphatic heterocycles. The topological polar surface area (TPSA) is 86.7 Å². The second-order valence-electron chi connectivity index (χ2n) is 1.60. The van der Waals surface area contributed by atoms with E-state index < -0.39 is 20.5 Å². The summed E-state index contributed by atoms with van der Waals surface area (Å²) in [4.78, 5) is 16.0. The van der Waals surface area contributed by atoms with Crippen LogP contribution >= 0.6 is 7.82 Å². The molecule has 0 rings (SSSR count). The zero-order valence-corrected chi connectivity index (χ0v) is 5.75. The Morgan fingerprint density at radius 3 is 2.22 bits per heavy atom. The van der Waals surface area contributed by atoms with Crippen molar-refractivity contribution in [2.45, 2.75) is 13.0 Å². The van der Waals surface area contributed by atoms with Crippen molar-refractivity contribution >= 4 is 7.82 Å². The fraction of sp³-hybridized carbons (Fsp3) is 1.00. The summed E-state index contributed by atoms with van der Waals surface area (Å²) in [6.45, 7) is 0.805. The number of rotatable bonds is 3. The van der Waals surface area contributed by atoms with Crippen molar-refractivity contribution in [2.24, 2.45) is 0 Å². The third-order valence-electron chi connectivity index (χ3n) is 0.477. The summed E-state index contributed by atoms with van der Waals surface area (Å²) in [5, 5.41) is 10.1. The maximum absolute atomic E-state index is 10.1. The van der Waals surface area contributed by atoms with Crippen LogP contribution in [0.4, 0.5) is 0 Å². The van der Waals surface area contributed by atoms with Gasteiger partial charge in [-0.05, 0) is 6.92 Å². The van der Waals surface area contributed by atoms with Crippen LogP contribution in [0.15, 0.2) is 0 Å². The second-order valence-corrected chi connectivity index (χ2v) is 2.84. The standard InChI is InChI=1S/C3H8O5P/c1-3(4)2-8-9(5,6)7/h3H,2H2,1H3,(H2,5,6,7)/t3-/m1/s1. The van der Waals surface area contributed by atoms with Crippen molar-refractivity contribution in [1.82, 2.24) is 0 Å². The number of hydrogen-bond donors (Lipinski definition) is 2. The van der Waals surface area contributed by atoms with E-state index in [4.69, 9.17) is 9.79 Å². The van der Waals surface area contributed by atoms with Crippen molar-refractivity contribution in [1.29, 1.82) is 0 Å². The minimum absolute atomic E-state index is 0.454. The molecule has 55 valence electrons. The molecule has 6 heteroatoms. The van der Waals surface area contributed by atoms with E-state index in [2.05, 4.69) is 4.52 Å². The van der Waals surface area contributed by atoms with E-state index in [0.717, 1.165) is 0 Å². The molecule has 0 spiro atoms. The summed E-state index contributed by atoms with van der Waals surface area (Å²) in [7, 11) is -4.42. The molecule has 2 N–H and O–H groups in total. The van der Waals surface area contributed by atoms with Gasteiger partial charge in [0.1, 0.15) is 6.10 Å². The average Bonchev–Trinajstić information content (AvgIpc) is 1.59. The fourth-order valence-electron chi connectivity index (χ4n) is 0.202. The highest BCUT2D eigenvalue weighted by Crippen LogP contribution is 2.35. The van der Waals surface area contributed by atoms with Crippen LogP contribution in [0.25, 0.3) is 0 Å². The highest BCUT2D eigenvalue weighted by atomic mass is 31.2. The quantitative estimate of drug-likeness (QED) is 0.557. The van der Waals surface area contributed by atoms with Gasteiger partial charge in [-0.15, -0.1) is 0 Å². The van der Waals surface area contributed by atoms with Gasteiger partial charge >= 0.3 is 7.82 Å². The van der Waals surface area contributed by atoms with Crippen LogP contribution in [0.5, 0.6) is 0 Å². The van der Waals surface area contributed by atoms with Crippen molar-refractivity contribution < 1.29 is 24.0 Å². The molecule has 1 radical (unpaired) electrons. The third kappa shape index (κ3) is 8.07. The highest BCUT2D eigenvalue weighted by molar-refractivity contribution is 7.46. The summed E-state index contributed by atoms with van der Waals surface area (Å²) >= 11 is 0. The molecular formula is C3H8O5P. The van der Waals surface area contributed by atoms with E-state index in [-0.39, 0.29) is 0 Å². The maximum Gasteiger partial charge on any atom is 0.469 e. The zero-order chi connectivity index (χ0) is 7.49. The first-order valence-electron chi connectivity index (χ1n) is 2.28. The van der Waals surface area contributed by atoms with Crippen LogP contribution < -0.4 is 0 Å². The first-order valence-corrected chi connectivity index (χ1v) is 3.81. The lowest BCUT2D eigenvalue weighted by Crippen LogP contribution is -2.06. The molecule has 5 nitrogen and oxygen atoms in total. The van der Waals surface area contributed by atoms with Gasteiger partial charge in [-0.1, -0.05) is 0 Å². The van der Waals surface area contributed by atoms with E-state index in [1.54, 1.807) is 0 Å². The van der Waals surface area contributed by atoms with Gasteiger partial charge in [0.2, 0.25) is 0 Å². The summed E-state index contributed by atoms with van der Waals surface area (Å²) < 4.78 is 13.7. The predicted octanol–water partition coefficient (Wildman–Crippen LogP) is -0.0853. The molecule has 0 saturated carbocycles. The van der Waals surface area contributed by atoms with Gasteiger partial charge in [-0.25, -0.2) is 9.67 Å². The second kappa shape index (κ2) is 3.29. The van der Waals surface area contributed by atoms with Gasteiger partial charge in [-0.3, -0.25) is 4.52 Å². The first kappa shape index (κ1) is 9.07. The first-order chi connectivity index (χ1) is 3.92. The van der Waals surface area contributed by atoms with Crippen molar-refractivity contribution in [3.05, 3.63) is 0 Å². The zero-order valence-electron chi connectivity index (χ0n) is 4.85. The molecular weight excluding hydrogens is 147 g/mol. The molecule has 0 aromatic heterocycles. The van der Waals surface area contributed by atoms with Gasteiger partial charge in [0.25, 0.3) is 0 Å². The van der Waals surface area contributed by atoms with E-state index in [1.807, 2.05) is 0 Å². The van der Waals surface area contributed by atoms with Crippen LogP contribution in [-0.2, 0) is 14.2 Å². The molecule has 0 saturated heterocycles. The van der Waals surface area contributed by atoms with Crippen molar-refractivity contribution in [3.63, 3.8) is 0 Å². The molecule has 0 unspecified atom stereocenters. The molecule has 0 aliphatic rings. The van der Waals surface area contributed by atoms with Gasteiger partial charge in [0.15, 0.2) is 0 Å². The normalized spacial score (nSPS) is 15.6. The maximum atomic E-state index is 10.1. The Bertz CT molecular complexity index is 115. The van der Waals surface area contributed by atoms with Crippen LogP contribution in [-0.4, -0.2) is 22.5 Å². The summed E-state index contributed by atoms with van der Waals surface area (Å²) in [6.07, 6.45) is -1.10. The van der Waals surface area contributed by atoms with Gasteiger partial charge < -0.3 is 9.79 Å². The Kier molecular flexibility index (Phi) is 3.32.